The molecule has 0 radical (unpaired) electrons. The molecular formula is C11H15N3OS. The van der Waals surface area contributed by atoms with E-state index < -0.39 is 0 Å². The SMILES string of the molecule is CCC(O)CCNc1ncnc2ccsc12. The molecule has 16 heavy (non-hydrogen) atoms. The quantitative estimate of drug-likeness (QED) is 0.837. The van der Waals surface area contributed by atoms with Crippen LogP contribution in [0.1, 0.15) is 19.8 Å². The number of rotatable bonds is 5. The zero-order valence-corrected chi connectivity index (χ0v) is 10.00. The summed E-state index contributed by atoms with van der Waals surface area (Å²) in [6.07, 6.45) is 2.87. The van der Waals surface area contributed by atoms with Crippen molar-refractivity contribution >= 4 is 27.4 Å². The highest BCUT2D eigenvalue weighted by Crippen LogP contribution is 2.24. The van der Waals surface area contributed by atoms with Crippen LogP contribution in [0.2, 0.25) is 0 Å². The summed E-state index contributed by atoms with van der Waals surface area (Å²) in [5.74, 6) is 0.864. The molecule has 4 nitrogen and oxygen atoms in total. The first-order chi connectivity index (χ1) is 7.81. The number of anilines is 1. The largest absolute Gasteiger partial charge is 0.393 e. The minimum atomic E-state index is -0.229. The highest BCUT2D eigenvalue weighted by atomic mass is 32.1. The van der Waals surface area contributed by atoms with Crippen LogP contribution in [-0.2, 0) is 0 Å². The van der Waals surface area contributed by atoms with Gasteiger partial charge in [-0.1, -0.05) is 6.92 Å². The van der Waals surface area contributed by atoms with Gasteiger partial charge in [0.15, 0.2) is 0 Å². The highest BCUT2D eigenvalue weighted by molar-refractivity contribution is 7.17. The number of hydrogen-bond donors (Lipinski definition) is 2. The molecule has 0 bridgehead atoms. The predicted octanol–water partition coefficient (Wildman–Crippen LogP) is 2.26. The van der Waals surface area contributed by atoms with E-state index in [4.69, 9.17) is 0 Å². The number of aliphatic hydroxyl groups excluding tert-OH is 1. The molecule has 2 heterocycles. The van der Waals surface area contributed by atoms with Gasteiger partial charge >= 0.3 is 0 Å². The minimum absolute atomic E-state index is 0.229. The van der Waals surface area contributed by atoms with Crippen molar-refractivity contribution in [1.29, 1.82) is 0 Å². The first-order valence-corrected chi connectivity index (χ1v) is 6.29. The van der Waals surface area contributed by atoms with Crippen molar-refractivity contribution in [1.82, 2.24) is 9.97 Å². The summed E-state index contributed by atoms with van der Waals surface area (Å²) < 4.78 is 1.08. The zero-order valence-electron chi connectivity index (χ0n) is 9.18. The number of hydrogen-bond acceptors (Lipinski definition) is 5. The van der Waals surface area contributed by atoms with Gasteiger partial charge in [-0.25, -0.2) is 9.97 Å². The summed E-state index contributed by atoms with van der Waals surface area (Å²) >= 11 is 1.63. The third-order valence-corrected chi connectivity index (χ3v) is 3.39. The van der Waals surface area contributed by atoms with Gasteiger partial charge < -0.3 is 10.4 Å². The fourth-order valence-electron chi connectivity index (χ4n) is 1.48. The van der Waals surface area contributed by atoms with Crippen LogP contribution in [0.3, 0.4) is 0 Å². The fraction of sp³-hybridized carbons (Fsp3) is 0.455. The van der Waals surface area contributed by atoms with Crippen LogP contribution in [-0.4, -0.2) is 27.7 Å². The molecule has 0 aromatic carbocycles. The van der Waals surface area contributed by atoms with Gasteiger partial charge in [-0.05, 0) is 24.3 Å². The van der Waals surface area contributed by atoms with Crippen LogP contribution in [0, 0.1) is 0 Å². The molecule has 2 N–H and O–H groups in total. The lowest BCUT2D eigenvalue weighted by Gasteiger charge is -2.09. The average Bonchev–Trinajstić information content (AvgIpc) is 2.77. The standard InChI is InChI=1S/C11H15N3OS/c1-2-8(15)3-5-12-11-10-9(4-6-16-10)13-7-14-11/h4,6-8,15H,2-3,5H2,1H3,(H,12,13,14). The molecule has 0 aliphatic carbocycles. The van der Waals surface area contributed by atoms with E-state index in [0.29, 0.717) is 0 Å². The van der Waals surface area contributed by atoms with E-state index in [1.54, 1.807) is 17.7 Å². The molecule has 0 aliphatic rings. The normalized spacial score (nSPS) is 12.9. The van der Waals surface area contributed by atoms with Crippen molar-refractivity contribution in [3.63, 3.8) is 0 Å². The second kappa shape index (κ2) is 5.23. The molecule has 2 aromatic heterocycles. The topological polar surface area (TPSA) is 58.0 Å². The molecule has 0 aliphatic heterocycles. The maximum absolute atomic E-state index is 9.44. The molecule has 1 unspecified atom stereocenters. The van der Waals surface area contributed by atoms with Gasteiger partial charge in [0.1, 0.15) is 12.1 Å². The van der Waals surface area contributed by atoms with Crippen molar-refractivity contribution in [3.05, 3.63) is 17.8 Å². The van der Waals surface area contributed by atoms with Crippen LogP contribution < -0.4 is 5.32 Å². The summed E-state index contributed by atoms with van der Waals surface area (Å²) in [7, 11) is 0. The lowest BCUT2D eigenvalue weighted by atomic mass is 10.2. The first-order valence-electron chi connectivity index (χ1n) is 5.41. The van der Waals surface area contributed by atoms with E-state index in [-0.39, 0.29) is 6.10 Å². The number of fused-ring (bicyclic) bond motifs is 1. The molecule has 2 rings (SSSR count). The Balaban J connectivity index is 2.01. The van der Waals surface area contributed by atoms with Gasteiger partial charge in [0, 0.05) is 6.54 Å². The van der Waals surface area contributed by atoms with Crippen molar-refractivity contribution in [2.24, 2.45) is 0 Å². The lowest BCUT2D eigenvalue weighted by molar-refractivity contribution is 0.164. The van der Waals surface area contributed by atoms with E-state index in [9.17, 15) is 5.11 Å². The smallest absolute Gasteiger partial charge is 0.147 e. The Morgan fingerprint density at radius 3 is 3.19 bits per heavy atom. The van der Waals surface area contributed by atoms with Gasteiger partial charge in [-0.2, -0.15) is 0 Å². The monoisotopic (exact) mass is 237 g/mol. The number of thiophene rings is 1. The third kappa shape index (κ3) is 2.48. The van der Waals surface area contributed by atoms with E-state index in [1.807, 2.05) is 18.4 Å². The van der Waals surface area contributed by atoms with Gasteiger partial charge in [-0.15, -0.1) is 11.3 Å². The Morgan fingerprint density at radius 2 is 2.38 bits per heavy atom. The van der Waals surface area contributed by atoms with Gasteiger partial charge in [-0.3, -0.25) is 0 Å². The Hall–Kier alpha value is -1.20. The van der Waals surface area contributed by atoms with E-state index in [0.717, 1.165) is 35.4 Å². The van der Waals surface area contributed by atoms with Crippen molar-refractivity contribution < 1.29 is 5.11 Å². The van der Waals surface area contributed by atoms with E-state index >= 15 is 0 Å². The van der Waals surface area contributed by atoms with Gasteiger partial charge in [0.25, 0.3) is 0 Å². The average molecular weight is 237 g/mol. The van der Waals surface area contributed by atoms with Crippen LogP contribution >= 0.6 is 11.3 Å². The Labute approximate surface area is 98.4 Å². The number of nitrogens with zero attached hydrogens (tertiary/aromatic N) is 2. The van der Waals surface area contributed by atoms with Crippen LogP contribution in [0.5, 0.6) is 0 Å². The molecule has 2 aromatic rings. The molecular weight excluding hydrogens is 222 g/mol. The van der Waals surface area contributed by atoms with Crippen LogP contribution in [0.4, 0.5) is 5.82 Å². The number of aromatic nitrogens is 2. The zero-order chi connectivity index (χ0) is 11.4. The fourth-order valence-corrected chi connectivity index (χ4v) is 2.29. The summed E-state index contributed by atoms with van der Waals surface area (Å²) in [5, 5.41) is 14.7. The Morgan fingerprint density at radius 1 is 1.50 bits per heavy atom. The Bertz CT molecular complexity index is 457. The molecule has 5 heteroatoms. The first kappa shape index (κ1) is 11.3. The third-order valence-electron chi connectivity index (χ3n) is 2.48. The molecule has 0 fully saturated rings. The Kier molecular flexibility index (Phi) is 3.69. The molecule has 86 valence electrons. The van der Waals surface area contributed by atoms with Crippen molar-refractivity contribution in [2.45, 2.75) is 25.9 Å². The molecule has 1 atom stereocenters. The number of nitrogens with one attached hydrogen (secondary N) is 1. The maximum Gasteiger partial charge on any atom is 0.147 e. The summed E-state index contributed by atoms with van der Waals surface area (Å²) in [4.78, 5) is 8.38. The van der Waals surface area contributed by atoms with Crippen LogP contribution in [0.25, 0.3) is 10.2 Å². The summed E-state index contributed by atoms with van der Waals surface area (Å²) in [5.41, 5.74) is 0.971. The van der Waals surface area contributed by atoms with Gasteiger partial charge in [0.05, 0.1) is 16.3 Å². The molecule has 0 spiro atoms. The number of aliphatic hydroxyl groups is 1. The second-order valence-electron chi connectivity index (χ2n) is 3.63. The summed E-state index contributed by atoms with van der Waals surface area (Å²) in [6.45, 7) is 2.71. The van der Waals surface area contributed by atoms with Crippen LogP contribution in [0.15, 0.2) is 17.8 Å². The molecule has 0 saturated carbocycles. The van der Waals surface area contributed by atoms with E-state index in [1.165, 1.54) is 0 Å². The predicted molar refractivity (Wildman–Crippen MR) is 66.8 cm³/mol. The molecule has 0 amide bonds. The van der Waals surface area contributed by atoms with Crippen molar-refractivity contribution in [3.8, 4) is 0 Å². The molecule has 0 saturated heterocycles. The highest BCUT2D eigenvalue weighted by Gasteiger charge is 2.05. The van der Waals surface area contributed by atoms with Gasteiger partial charge in [0.2, 0.25) is 0 Å². The maximum atomic E-state index is 9.44. The lowest BCUT2D eigenvalue weighted by Crippen LogP contribution is -2.12. The van der Waals surface area contributed by atoms with Crippen molar-refractivity contribution in [2.75, 3.05) is 11.9 Å². The summed E-state index contributed by atoms with van der Waals surface area (Å²) in [6, 6.07) is 1.98. The minimum Gasteiger partial charge on any atom is -0.393 e. The van der Waals surface area contributed by atoms with E-state index in [2.05, 4.69) is 15.3 Å². The second-order valence-corrected chi connectivity index (χ2v) is 4.55.